The molecule has 6 rings (SSSR count). The summed E-state index contributed by atoms with van der Waals surface area (Å²) < 4.78 is 11.7. The van der Waals surface area contributed by atoms with Gasteiger partial charge in [0.15, 0.2) is 11.5 Å². The number of imidazole rings is 1. The van der Waals surface area contributed by atoms with E-state index >= 15 is 0 Å². The molecule has 13 nitrogen and oxygen atoms in total. The van der Waals surface area contributed by atoms with Crippen molar-refractivity contribution in [3.05, 3.63) is 44.5 Å². The molecule has 0 saturated carbocycles. The summed E-state index contributed by atoms with van der Waals surface area (Å²) in [5, 5.41) is 11.8. The summed E-state index contributed by atoms with van der Waals surface area (Å²) in [6, 6.07) is 4.88. The van der Waals surface area contributed by atoms with Gasteiger partial charge >= 0.3 is 17.8 Å². The average molecular weight is 611 g/mol. The maximum atomic E-state index is 12.5. The number of rotatable bonds is 2. The van der Waals surface area contributed by atoms with Crippen LogP contribution in [-0.2, 0) is 9.53 Å². The van der Waals surface area contributed by atoms with Gasteiger partial charge in [-0.25, -0.2) is 19.0 Å². The number of hydrogen-bond acceptors (Lipinski definition) is 10. The standard InChI is InChI=1S/C15H27NO4.C14H7N5O3S/c1-14(2,3)11-9-10(7-8-16(11)13(18)19)12(17)20-15(4,5)6;15-9-5-3-4-23-13(5)18-12(20)8(9)11-16-6-1-2-7-17-10(6)19(11)14(21)22-7/h10-11H,7-9H2,1-6H3,(H,18,19);1-4H,(H3,15,18,20). The molecule has 0 radical (unpaired) electrons. The van der Waals surface area contributed by atoms with Crippen LogP contribution in [0.5, 0.6) is 0 Å². The summed E-state index contributed by atoms with van der Waals surface area (Å²) >= 11 is 1.38. The first-order chi connectivity index (χ1) is 20.0. The Morgan fingerprint density at radius 1 is 1.14 bits per heavy atom. The number of carbonyl (C=O) groups is 2. The number of H-pyrrole nitrogens is 1. The molecule has 1 amide bonds. The number of hydrogen-bond donors (Lipinski definition) is 3. The third-order valence-electron chi connectivity index (χ3n) is 7.34. The van der Waals surface area contributed by atoms with Gasteiger partial charge in [-0.1, -0.05) is 20.8 Å². The molecule has 228 valence electrons. The Bertz CT molecular complexity index is 1940. The first-order valence-electron chi connectivity index (χ1n) is 13.8. The van der Waals surface area contributed by atoms with E-state index < -0.39 is 23.0 Å². The molecule has 1 saturated heterocycles. The number of nitrogens with one attached hydrogen (secondary N) is 1. The van der Waals surface area contributed by atoms with Gasteiger partial charge in [0, 0.05) is 24.0 Å². The van der Waals surface area contributed by atoms with Crippen LogP contribution in [-0.4, -0.2) is 59.6 Å². The van der Waals surface area contributed by atoms with Gasteiger partial charge < -0.3 is 29.9 Å². The number of ether oxygens (including phenoxy) is 1. The van der Waals surface area contributed by atoms with Gasteiger partial charge in [0.25, 0.3) is 5.56 Å². The number of pyridine rings is 2. The normalized spacial score (nSPS) is 17.8. The number of nitrogens with zero attached hydrogens (tertiary/aromatic N) is 4. The van der Waals surface area contributed by atoms with Crippen LogP contribution < -0.4 is 17.0 Å². The van der Waals surface area contributed by atoms with E-state index in [1.807, 2.05) is 53.0 Å². The molecule has 2 unspecified atom stereocenters. The fraction of sp³-hybridized carbons (Fsp3) is 0.448. The minimum absolute atomic E-state index is 0.126. The number of carbonyl (C=O) groups excluding carboxylic acids is 1. The number of likely N-dealkylation sites (tertiary alicyclic amines) is 1. The lowest BCUT2D eigenvalue weighted by Crippen LogP contribution is -2.53. The third-order valence-corrected chi connectivity index (χ3v) is 8.17. The van der Waals surface area contributed by atoms with Crippen molar-refractivity contribution in [2.24, 2.45) is 11.3 Å². The van der Waals surface area contributed by atoms with Crippen LogP contribution in [0.2, 0.25) is 0 Å². The molecule has 5 aromatic rings. The van der Waals surface area contributed by atoms with E-state index in [0.717, 1.165) is 0 Å². The van der Waals surface area contributed by atoms with Crippen molar-refractivity contribution in [1.82, 2.24) is 24.3 Å². The number of thiophene rings is 1. The van der Waals surface area contributed by atoms with Crippen LogP contribution in [0.3, 0.4) is 0 Å². The summed E-state index contributed by atoms with van der Waals surface area (Å²) in [6.45, 7) is 11.9. The van der Waals surface area contributed by atoms with Crippen molar-refractivity contribution in [3.63, 3.8) is 0 Å². The quantitative estimate of drug-likeness (QED) is 0.239. The maximum Gasteiger partial charge on any atom is 0.428 e. The smallest absolute Gasteiger partial charge is 0.428 e. The van der Waals surface area contributed by atoms with Crippen LogP contribution >= 0.6 is 11.3 Å². The highest BCUT2D eigenvalue weighted by Crippen LogP contribution is 2.36. The lowest BCUT2D eigenvalue weighted by Gasteiger charge is -2.44. The zero-order valence-corrected chi connectivity index (χ0v) is 25.6. The number of amides is 1. The predicted octanol–water partition coefficient (Wildman–Crippen LogP) is 4.56. The van der Waals surface area contributed by atoms with Crippen LogP contribution in [0.4, 0.5) is 10.5 Å². The van der Waals surface area contributed by atoms with Gasteiger partial charge in [0.1, 0.15) is 21.5 Å². The summed E-state index contributed by atoms with van der Waals surface area (Å²) in [7, 11) is 0. The van der Waals surface area contributed by atoms with Crippen LogP contribution in [0.1, 0.15) is 54.4 Å². The number of esters is 1. The lowest BCUT2D eigenvalue weighted by molar-refractivity contribution is -0.162. The van der Waals surface area contributed by atoms with Crippen LogP contribution in [0.15, 0.2) is 37.6 Å². The molecule has 1 fully saturated rings. The number of anilines is 1. The fourth-order valence-electron chi connectivity index (χ4n) is 5.35. The minimum Gasteiger partial charge on any atom is -0.465 e. The highest BCUT2D eigenvalue weighted by atomic mass is 32.1. The van der Waals surface area contributed by atoms with E-state index in [0.29, 0.717) is 40.8 Å². The number of aromatic nitrogens is 4. The van der Waals surface area contributed by atoms with Gasteiger partial charge in [-0.2, -0.15) is 4.98 Å². The zero-order valence-electron chi connectivity index (χ0n) is 24.8. The van der Waals surface area contributed by atoms with Crippen molar-refractivity contribution in [1.29, 1.82) is 0 Å². The molecule has 4 N–H and O–H groups in total. The molecule has 6 heterocycles. The third kappa shape index (κ3) is 5.78. The second kappa shape index (κ2) is 10.7. The Hall–Kier alpha value is -4.46. The maximum absolute atomic E-state index is 12.5. The Morgan fingerprint density at radius 3 is 2.51 bits per heavy atom. The topological polar surface area (TPSA) is 186 Å². The largest absolute Gasteiger partial charge is 0.465 e. The van der Waals surface area contributed by atoms with Crippen molar-refractivity contribution in [2.75, 3.05) is 12.3 Å². The first-order valence-corrected chi connectivity index (χ1v) is 14.7. The molecular formula is C29H34N6O7S. The number of piperidine rings is 1. The van der Waals surface area contributed by atoms with Crippen molar-refractivity contribution in [3.8, 4) is 11.4 Å². The molecule has 0 aromatic carbocycles. The van der Waals surface area contributed by atoms with E-state index in [-0.39, 0.29) is 46.1 Å². The van der Waals surface area contributed by atoms with E-state index in [9.17, 15) is 24.3 Å². The summed E-state index contributed by atoms with van der Waals surface area (Å²) in [5.41, 5.74) is 6.50. The predicted molar refractivity (Wildman–Crippen MR) is 163 cm³/mol. The molecule has 5 aromatic heterocycles. The molecule has 14 heteroatoms. The monoisotopic (exact) mass is 610 g/mol. The zero-order chi connectivity index (χ0) is 31.4. The number of aromatic amines is 1. The van der Waals surface area contributed by atoms with Gasteiger partial charge in [-0.3, -0.25) is 9.59 Å². The summed E-state index contributed by atoms with van der Waals surface area (Å²) in [4.78, 5) is 61.6. The van der Waals surface area contributed by atoms with Gasteiger partial charge in [-0.15, -0.1) is 11.3 Å². The van der Waals surface area contributed by atoms with Crippen molar-refractivity contribution < 1.29 is 23.8 Å². The second-order valence-electron chi connectivity index (χ2n) is 12.6. The van der Waals surface area contributed by atoms with E-state index in [1.54, 1.807) is 12.1 Å². The number of carboxylic acid groups (broad SMARTS) is 1. The van der Waals surface area contributed by atoms with Gasteiger partial charge in [0.05, 0.1) is 11.6 Å². The molecule has 0 aliphatic carbocycles. The fourth-order valence-corrected chi connectivity index (χ4v) is 6.15. The number of nitrogen functional groups attached to an aromatic ring is 1. The van der Waals surface area contributed by atoms with Gasteiger partial charge in [-0.05, 0) is 56.5 Å². The Labute approximate surface area is 249 Å². The minimum atomic E-state index is -0.910. The Kier molecular flexibility index (Phi) is 7.45. The van der Waals surface area contributed by atoms with Crippen LogP contribution in [0.25, 0.3) is 38.5 Å². The van der Waals surface area contributed by atoms with E-state index in [1.165, 1.54) is 20.6 Å². The number of nitrogens with two attached hydrogens (primary N) is 1. The van der Waals surface area contributed by atoms with Crippen molar-refractivity contribution in [2.45, 2.75) is 66.0 Å². The highest BCUT2D eigenvalue weighted by molar-refractivity contribution is 7.16. The molecule has 43 heavy (non-hydrogen) atoms. The molecule has 0 spiro atoms. The SMILES string of the molecule is CC(C)(C)OC(=O)C1CCN(C(=O)O)C(C(C)(C)C)C1.Nc1c(-c2nc3ccc4nc3n2c(=O)o4)c(=O)[nH]c2sccc12. The van der Waals surface area contributed by atoms with E-state index in [4.69, 9.17) is 14.9 Å². The molecule has 1 aliphatic rings. The highest BCUT2D eigenvalue weighted by Gasteiger charge is 2.41. The van der Waals surface area contributed by atoms with Crippen molar-refractivity contribution >= 4 is 56.2 Å². The summed E-state index contributed by atoms with van der Waals surface area (Å²) in [5.74, 6) is -0.959. The Morgan fingerprint density at radius 2 is 1.86 bits per heavy atom. The first kappa shape index (κ1) is 30.0. The summed E-state index contributed by atoms with van der Waals surface area (Å²) in [6.07, 6.45) is 0.158. The second-order valence-corrected chi connectivity index (χ2v) is 13.6. The van der Waals surface area contributed by atoms with Crippen LogP contribution in [0, 0.1) is 11.3 Å². The Balaban J connectivity index is 0.000000174. The molecule has 1 aliphatic heterocycles. The molecular weight excluding hydrogens is 576 g/mol. The lowest BCUT2D eigenvalue weighted by atomic mass is 9.77. The average Bonchev–Trinajstić information content (AvgIpc) is 3.53. The van der Waals surface area contributed by atoms with Gasteiger partial charge in [0.2, 0.25) is 5.71 Å². The number of fused-ring (bicyclic) bond motifs is 2. The van der Waals surface area contributed by atoms with E-state index in [2.05, 4.69) is 15.0 Å². The molecule has 2 atom stereocenters. The molecule has 2 bridgehead atoms.